The zero-order valence-electron chi connectivity index (χ0n) is 10.6. The van der Waals surface area contributed by atoms with Crippen molar-refractivity contribution in [2.45, 2.75) is 45.1 Å². The van der Waals surface area contributed by atoms with Gasteiger partial charge in [0.25, 0.3) is 0 Å². The highest BCUT2D eigenvalue weighted by Gasteiger charge is 2.40. The van der Waals surface area contributed by atoms with Crippen LogP contribution in [0.3, 0.4) is 0 Å². The van der Waals surface area contributed by atoms with Crippen molar-refractivity contribution >= 4 is 5.78 Å². The van der Waals surface area contributed by atoms with Crippen LogP contribution in [-0.2, 0) is 0 Å². The van der Waals surface area contributed by atoms with Gasteiger partial charge in [0.2, 0.25) is 0 Å². The van der Waals surface area contributed by atoms with Gasteiger partial charge < -0.3 is 5.32 Å². The minimum absolute atomic E-state index is 0.224. The molecule has 0 aromatic carbocycles. The van der Waals surface area contributed by atoms with Crippen LogP contribution in [0.1, 0.15) is 48.5 Å². The molecule has 3 nitrogen and oxygen atoms in total. The Morgan fingerprint density at radius 2 is 2.41 bits per heavy atom. The number of nitrogens with one attached hydrogen (secondary N) is 1. The van der Waals surface area contributed by atoms with Gasteiger partial charge in [-0.1, -0.05) is 13.3 Å². The van der Waals surface area contributed by atoms with E-state index in [4.69, 9.17) is 0 Å². The summed E-state index contributed by atoms with van der Waals surface area (Å²) in [4.78, 5) is 16.8. The van der Waals surface area contributed by atoms with Crippen molar-refractivity contribution in [3.63, 3.8) is 0 Å². The summed E-state index contributed by atoms with van der Waals surface area (Å²) in [6.45, 7) is 5.06. The molecule has 92 valence electrons. The summed E-state index contributed by atoms with van der Waals surface area (Å²) in [6, 6.07) is 1.90. The fourth-order valence-corrected chi connectivity index (χ4v) is 2.71. The van der Waals surface area contributed by atoms with Crippen LogP contribution in [0.2, 0.25) is 0 Å². The van der Waals surface area contributed by atoms with E-state index in [1.165, 1.54) is 0 Å². The monoisotopic (exact) mass is 232 g/mol. The lowest BCUT2D eigenvalue weighted by Gasteiger charge is -2.28. The largest absolute Gasteiger partial charge is 0.305 e. The van der Waals surface area contributed by atoms with Crippen molar-refractivity contribution in [3.05, 3.63) is 29.6 Å². The third-order valence-corrected chi connectivity index (χ3v) is 3.64. The Morgan fingerprint density at radius 3 is 3.00 bits per heavy atom. The third-order valence-electron chi connectivity index (χ3n) is 3.64. The van der Waals surface area contributed by atoms with Crippen LogP contribution < -0.4 is 5.32 Å². The Morgan fingerprint density at radius 1 is 1.59 bits per heavy atom. The maximum atomic E-state index is 12.7. The number of aromatic nitrogens is 1. The van der Waals surface area contributed by atoms with Gasteiger partial charge in [-0.3, -0.25) is 9.78 Å². The zero-order chi connectivity index (χ0) is 12.3. The van der Waals surface area contributed by atoms with Crippen LogP contribution in [0.4, 0.5) is 0 Å². The summed E-state index contributed by atoms with van der Waals surface area (Å²) in [5, 5.41) is 3.42. The highest BCUT2D eigenvalue weighted by Crippen LogP contribution is 2.29. The van der Waals surface area contributed by atoms with Crippen LogP contribution in [-0.4, -0.2) is 22.9 Å². The molecule has 1 aromatic rings. The van der Waals surface area contributed by atoms with Gasteiger partial charge in [-0.25, -0.2) is 0 Å². The molecule has 0 aliphatic carbocycles. The second-order valence-corrected chi connectivity index (χ2v) is 4.88. The molecular weight excluding hydrogens is 212 g/mol. The molecule has 1 aliphatic heterocycles. The Kier molecular flexibility index (Phi) is 3.57. The number of Topliss-reactive ketones (excluding diaryl/α,β-unsaturated/α-hetero) is 1. The summed E-state index contributed by atoms with van der Waals surface area (Å²) in [6.07, 6.45) is 7.42. The van der Waals surface area contributed by atoms with Gasteiger partial charge in [0, 0.05) is 18.0 Å². The molecule has 1 aliphatic rings. The van der Waals surface area contributed by atoms with Crippen molar-refractivity contribution in [2.75, 3.05) is 6.54 Å². The van der Waals surface area contributed by atoms with E-state index in [-0.39, 0.29) is 11.3 Å². The lowest BCUT2D eigenvalue weighted by Crippen LogP contribution is -2.47. The Balaban J connectivity index is 2.32. The highest BCUT2D eigenvalue weighted by molar-refractivity contribution is 6.04. The fraction of sp³-hybridized carbons (Fsp3) is 0.571. The standard InChI is InChI=1S/C14H20N2O/c1-3-6-14(7-4-8-16-14)13(17)12-10-15-9-5-11(12)2/h5,9-10,16H,3-4,6-8H2,1-2H3. The van der Waals surface area contributed by atoms with Crippen molar-refractivity contribution < 1.29 is 4.79 Å². The summed E-state index contributed by atoms with van der Waals surface area (Å²) in [5.74, 6) is 0.224. The van der Waals surface area contributed by atoms with Gasteiger partial charge in [0.15, 0.2) is 5.78 Å². The van der Waals surface area contributed by atoms with Gasteiger partial charge >= 0.3 is 0 Å². The summed E-state index contributed by atoms with van der Waals surface area (Å²) < 4.78 is 0. The van der Waals surface area contributed by atoms with E-state index in [9.17, 15) is 4.79 Å². The van der Waals surface area contributed by atoms with Crippen molar-refractivity contribution in [1.29, 1.82) is 0 Å². The molecule has 1 saturated heterocycles. The SMILES string of the molecule is CCCC1(C(=O)c2cnccc2C)CCCN1. The lowest BCUT2D eigenvalue weighted by atomic mass is 9.83. The van der Waals surface area contributed by atoms with E-state index in [1.807, 2.05) is 13.0 Å². The Hall–Kier alpha value is -1.22. The molecule has 1 atom stereocenters. The maximum Gasteiger partial charge on any atom is 0.184 e. The highest BCUT2D eigenvalue weighted by atomic mass is 16.1. The molecule has 0 spiro atoms. The number of carbonyl (C=O) groups is 1. The first-order valence-electron chi connectivity index (χ1n) is 6.40. The van der Waals surface area contributed by atoms with Gasteiger partial charge in [-0.15, -0.1) is 0 Å². The summed E-state index contributed by atoms with van der Waals surface area (Å²) in [5.41, 5.74) is 1.47. The number of carbonyl (C=O) groups excluding carboxylic acids is 1. The number of hydrogen-bond donors (Lipinski definition) is 1. The smallest absolute Gasteiger partial charge is 0.184 e. The van der Waals surface area contributed by atoms with E-state index in [1.54, 1.807) is 12.4 Å². The molecule has 1 N–H and O–H groups in total. The number of hydrogen-bond acceptors (Lipinski definition) is 3. The minimum atomic E-state index is -0.331. The fourth-order valence-electron chi connectivity index (χ4n) is 2.71. The van der Waals surface area contributed by atoms with Crippen molar-refractivity contribution in [1.82, 2.24) is 10.3 Å². The number of pyridine rings is 1. The molecule has 17 heavy (non-hydrogen) atoms. The van der Waals surface area contributed by atoms with Gasteiger partial charge in [-0.05, 0) is 44.4 Å². The molecule has 0 radical (unpaired) electrons. The average Bonchev–Trinajstić information content (AvgIpc) is 2.79. The normalized spacial score (nSPS) is 23.9. The molecule has 3 heteroatoms. The Bertz CT molecular complexity index is 408. The molecule has 2 heterocycles. The number of rotatable bonds is 4. The van der Waals surface area contributed by atoms with Gasteiger partial charge in [0.1, 0.15) is 0 Å². The van der Waals surface area contributed by atoms with Gasteiger partial charge in [0.05, 0.1) is 5.54 Å². The zero-order valence-corrected chi connectivity index (χ0v) is 10.6. The van der Waals surface area contributed by atoms with Crippen LogP contribution in [0.15, 0.2) is 18.5 Å². The van der Waals surface area contributed by atoms with Crippen LogP contribution >= 0.6 is 0 Å². The van der Waals surface area contributed by atoms with Crippen molar-refractivity contribution in [3.8, 4) is 0 Å². The average molecular weight is 232 g/mol. The molecule has 1 unspecified atom stereocenters. The van der Waals surface area contributed by atoms with E-state index in [2.05, 4.69) is 17.2 Å². The van der Waals surface area contributed by atoms with E-state index in [0.29, 0.717) is 0 Å². The van der Waals surface area contributed by atoms with E-state index < -0.39 is 0 Å². The maximum absolute atomic E-state index is 12.7. The quantitative estimate of drug-likeness (QED) is 0.811. The molecule has 1 aromatic heterocycles. The van der Waals surface area contributed by atoms with Crippen LogP contribution in [0.25, 0.3) is 0 Å². The van der Waals surface area contributed by atoms with E-state index in [0.717, 1.165) is 43.4 Å². The molecule has 2 rings (SSSR count). The second kappa shape index (κ2) is 4.96. The number of nitrogens with zero attached hydrogens (tertiary/aromatic N) is 1. The summed E-state index contributed by atoms with van der Waals surface area (Å²) >= 11 is 0. The Labute approximate surface area is 103 Å². The predicted octanol–water partition coefficient (Wildman–Crippen LogP) is 2.50. The third kappa shape index (κ3) is 2.25. The second-order valence-electron chi connectivity index (χ2n) is 4.88. The number of aryl methyl sites for hydroxylation is 1. The minimum Gasteiger partial charge on any atom is -0.305 e. The van der Waals surface area contributed by atoms with Crippen LogP contribution in [0.5, 0.6) is 0 Å². The lowest BCUT2D eigenvalue weighted by molar-refractivity contribution is 0.0856. The van der Waals surface area contributed by atoms with Crippen molar-refractivity contribution in [2.24, 2.45) is 0 Å². The first-order valence-corrected chi connectivity index (χ1v) is 6.40. The molecule has 0 amide bonds. The first kappa shape index (κ1) is 12.2. The molecule has 1 fully saturated rings. The van der Waals surface area contributed by atoms with Crippen LogP contribution in [0, 0.1) is 6.92 Å². The first-order chi connectivity index (χ1) is 8.19. The van der Waals surface area contributed by atoms with E-state index >= 15 is 0 Å². The summed E-state index contributed by atoms with van der Waals surface area (Å²) in [7, 11) is 0. The predicted molar refractivity (Wildman–Crippen MR) is 68.2 cm³/mol. The molecular formula is C14H20N2O. The molecule has 0 bridgehead atoms. The topological polar surface area (TPSA) is 42.0 Å². The number of ketones is 1. The molecule has 0 saturated carbocycles. The van der Waals surface area contributed by atoms with Gasteiger partial charge in [-0.2, -0.15) is 0 Å².